The highest BCUT2D eigenvalue weighted by Crippen LogP contribution is 2.17. The molecule has 0 unspecified atom stereocenters. The summed E-state index contributed by atoms with van der Waals surface area (Å²) >= 11 is 0. The number of fused-ring (bicyclic) bond motifs is 1. The van der Waals surface area contributed by atoms with Crippen molar-refractivity contribution in [2.75, 3.05) is 6.61 Å². The van der Waals surface area contributed by atoms with E-state index in [0.717, 1.165) is 12.0 Å². The minimum absolute atomic E-state index is 0.00321. The molecule has 146 valence electrons. The lowest BCUT2D eigenvalue weighted by Crippen LogP contribution is -2.44. The number of nitrogens with one attached hydrogen (secondary N) is 2. The van der Waals surface area contributed by atoms with Crippen LogP contribution in [-0.4, -0.2) is 23.0 Å². The van der Waals surface area contributed by atoms with Crippen LogP contribution < -0.4 is 21.3 Å². The quantitative estimate of drug-likeness (QED) is 0.606. The van der Waals surface area contributed by atoms with Crippen LogP contribution in [0, 0.1) is 0 Å². The lowest BCUT2D eigenvalue weighted by Gasteiger charge is -2.11. The van der Waals surface area contributed by atoms with Crippen molar-refractivity contribution in [3.05, 3.63) is 64.6 Å². The Hall–Kier alpha value is -3.55. The second-order valence-corrected chi connectivity index (χ2v) is 6.08. The van der Waals surface area contributed by atoms with Crippen LogP contribution >= 0.6 is 0 Å². The molecule has 28 heavy (non-hydrogen) atoms. The maximum Gasteiger partial charge on any atom is 0.419 e. The van der Waals surface area contributed by atoms with Gasteiger partial charge in [-0.3, -0.25) is 25.0 Å². The number of oxazole rings is 1. The summed E-state index contributed by atoms with van der Waals surface area (Å²) in [6.07, 6.45) is 0.791. The Bertz CT molecular complexity index is 1040. The van der Waals surface area contributed by atoms with Crippen molar-refractivity contribution < 1.29 is 18.7 Å². The largest absolute Gasteiger partial charge is 0.483 e. The number of nitrogens with zero attached hydrogens (tertiary/aromatic N) is 1. The van der Waals surface area contributed by atoms with Gasteiger partial charge in [0.05, 0.1) is 5.52 Å². The maximum absolute atomic E-state index is 12.0. The molecule has 8 nitrogen and oxygen atoms in total. The van der Waals surface area contributed by atoms with E-state index in [1.165, 1.54) is 4.57 Å². The van der Waals surface area contributed by atoms with Crippen molar-refractivity contribution in [3.63, 3.8) is 0 Å². The molecule has 0 fully saturated rings. The van der Waals surface area contributed by atoms with Gasteiger partial charge in [0.15, 0.2) is 12.2 Å². The maximum atomic E-state index is 12.0. The Labute approximate surface area is 161 Å². The highest BCUT2D eigenvalue weighted by molar-refractivity contribution is 5.82. The molecule has 0 bridgehead atoms. The Morgan fingerprint density at radius 2 is 1.75 bits per heavy atom. The first-order valence-electron chi connectivity index (χ1n) is 8.95. The molecular weight excluding hydrogens is 362 g/mol. The van der Waals surface area contributed by atoms with Crippen LogP contribution in [0.4, 0.5) is 0 Å². The Morgan fingerprint density at radius 1 is 1.04 bits per heavy atom. The normalized spacial score (nSPS) is 10.6. The van der Waals surface area contributed by atoms with Crippen molar-refractivity contribution >= 4 is 22.9 Å². The molecule has 0 radical (unpaired) electrons. The number of hydrogen-bond donors (Lipinski definition) is 2. The summed E-state index contributed by atoms with van der Waals surface area (Å²) in [7, 11) is 0. The van der Waals surface area contributed by atoms with Gasteiger partial charge in [0, 0.05) is 13.0 Å². The predicted molar refractivity (Wildman–Crippen MR) is 103 cm³/mol. The summed E-state index contributed by atoms with van der Waals surface area (Å²) < 4.78 is 12.0. The number of para-hydroxylation sites is 3. The number of aromatic nitrogens is 1. The van der Waals surface area contributed by atoms with Crippen LogP contribution in [0.5, 0.6) is 5.75 Å². The van der Waals surface area contributed by atoms with Gasteiger partial charge in [0.1, 0.15) is 5.75 Å². The van der Waals surface area contributed by atoms with Crippen LogP contribution in [-0.2, 0) is 22.6 Å². The van der Waals surface area contributed by atoms with E-state index in [4.69, 9.17) is 9.15 Å². The van der Waals surface area contributed by atoms with E-state index >= 15 is 0 Å². The molecule has 0 atom stereocenters. The van der Waals surface area contributed by atoms with Crippen molar-refractivity contribution in [3.8, 4) is 5.75 Å². The van der Waals surface area contributed by atoms with Gasteiger partial charge in [-0.2, -0.15) is 0 Å². The van der Waals surface area contributed by atoms with Gasteiger partial charge in [-0.25, -0.2) is 4.79 Å². The van der Waals surface area contributed by atoms with Gasteiger partial charge in [-0.1, -0.05) is 37.3 Å². The third-order valence-electron chi connectivity index (χ3n) is 4.19. The lowest BCUT2D eigenvalue weighted by atomic mass is 10.1. The van der Waals surface area contributed by atoms with E-state index < -0.39 is 17.6 Å². The zero-order valence-corrected chi connectivity index (χ0v) is 15.4. The van der Waals surface area contributed by atoms with E-state index in [1.54, 1.807) is 30.3 Å². The van der Waals surface area contributed by atoms with Gasteiger partial charge in [-0.05, 0) is 30.2 Å². The van der Waals surface area contributed by atoms with Crippen LogP contribution in [0.1, 0.15) is 18.9 Å². The van der Waals surface area contributed by atoms with Crippen LogP contribution in [0.15, 0.2) is 57.7 Å². The van der Waals surface area contributed by atoms with E-state index in [9.17, 15) is 14.4 Å². The number of ether oxygens (including phenoxy) is 1. The molecule has 3 rings (SSSR count). The van der Waals surface area contributed by atoms with Crippen LogP contribution in [0.25, 0.3) is 11.1 Å². The predicted octanol–water partition coefficient (Wildman–Crippen LogP) is 1.77. The summed E-state index contributed by atoms with van der Waals surface area (Å²) in [6.45, 7) is 1.91. The number of carbonyl (C=O) groups is 2. The molecular formula is C20H21N3O5. The highest BCUT2D eigenvalue weighted by Gasteiger charge is 2.11. The topological polar surface area (TPSA) is 103 Å². The minimum Gasteiger partial charge on any atom is -0.483 e. The molecule has 0 saturated heterocycles. The summed E-state index contributed by atoms with van der Waals surface area (Å²) in [5.74, 6) is -0.802. The monoisotopic (exact) mass is 383 g/mol. The molecule has 3 aromatic rings. The Balaban J connectivity index is 1.45. The lowest BCUT2D eigenvalue weighted by molar-refractivity contribution is -0.130. The molecule has 1 heterocycles. The number of amides is 2. The summed E-state index contributed by atoms with van der Waals surface area (Å²) in [4.78, 5) is 35.7. The van der Waals surface area contributed by atoms with E-state index in [1.807, 2.05) is 25.1 Å². The number of benzene rings is 2. The third-order valence-corrected chi connectivity index (χ3v) is 4.19. The molecule has 2 amide bonds. The summed E-state index contributed by atoms with van der Waals surface area (Å²) in [5, 5.41) is 0. The van der Waals surface area contributed by atoms with E-state index in [2.05, 4.69) is 10.9 Å². The molecule has 2 N–H and O–H groups in total. The number of aryl methyl sites for hydroxylation is 2. The van der Waals surface area contributed by atoms with Gasteiger partial charge in [-0.15, -0.1) is 0 Å². The first kappa shape index (κ1) is 19.2. The van der Waals surface area contributed by atoms with Crippen LogP contribution in [0.2, 0.25) is 0 Å². The Morgan fingerprint density at radius 3 is 2.57 bits per heavy atom. The fourth-order valence-electron chi connectivity index (χ4n) is 2.76. The molecule has 0 aliphatic carbocycles. The molecule has 0 aliphatic rings. The Kier molecular flexibility index (Phi) is 6.11. The fourth-order valence-corrected chi connectivity index (χ4v) is 2.76. The summed E-state index contributed by atoms with van der Waals surface area (Å²) in [5.41, 5.74) is 6.69. The van der Waals surface area contributed by atoms with Crippen molar-refractivity contribution in [1.29, 1.82) is 0 Å². The second-order valence-electron chi connectivity index (χ2n) is 6.08. The molecule has 2 aromatic carbocycles. The van der Waals surface area contributed by atoms with Crippen LogP contribution in [0.3, 0.4) is 0 Å². The average molecular weight is 383 g/mol. The number of carbonyl (C=O) groups excluding carboxylic acids is 2. The molecule has 0 aliphatic heterocycles. The molecule has 1 aromatic heterocycles. The SMILES string of the molecule is CCc1ccccc1OCC(=O)NNC(=O)CCn1c(=O)oc2ccccc21. The van der Waals surface area contributed by atoms with E-state index in [0.29, 0.717) is 16.8 Å². The standard InChI is InChI=1S/C20H21N3O5/c1-2-14-7-3-5-9-16(14)27-13-19(25)22-21-18(24)11-12-23-15-8-4-6-10-17(15)28-20(23)26/h3-10H,2,11-13H2,1H3,(H,21,24)(H,22,25). The van der Waals surface area contributed by atoms with Gasteiger partial charge in [0.2, 0.25) is 5.91 Å². The molecule has 0 saturated carbocycles. The average Bonchev–Trinajstić information content (AvgIpc) is 3.04. The summed E-state index contributed by atoms with van der Waals surface area (Å²) in [6, 6.07) is 14.4. The van der Waals surface area contributed by atoms with Gasteiger partial charge < -0.3 is 9.15 Å². The first-order chi connectivity index (χ1) is 13.6. The van der Waals surface area contributed by atoms with E-state index in [-0.39, 0.29) is 19.6 Å². The smallest absolute Gasteiger partial charge is 0.419 e. The fraction of sp³-hybridized carbons (Fsp3) is 0.250. The molecule has 8 heteroatoms. The van der Waals surface area contributed by atoms with Crippen molar-refractivity contribution in [2.24, 2.45) is 0 Å². The van der Waals surface area contributed by atoms with Gasteiger partial charge in [0.25, 0.3) is 5.91 Å². The van der Waals surface area contributed by atoms with Gasteiger partial charge >= 0.3 is 5.76 Å². The van der Waals surface area contributed by atoms with Crippen molar-refractivity contribution in [2.45, 2.75) is 26.3 Å². The minimum atomic E-state index is -0.527. The zero-order valence-electron chi connectivity index (χ0n) is 15.4. The first-order valence-corrected chi connectivity index (χ1v) is 8.95. The second kappa shape index (κ2) is 8.90. The number of rotatable bonds is 7. The number of hydrazine groups is 1. The number of hydrogen-bond acceptors (Lipinski definition) is 5. The highest BCUT2D eigenvalue weighted by atomic mass is 16.5. The molecule has 0 spiro atoms. The zero-order chi connectivity index (χ0) is 19.9. The third kappa shape index (κ3) is 4.59. The van der Waals surface area contributed by atoms with Crippen molar-refractivity contribution in [1.82, 2.24) is 15.4 Å².